The van der Waals surface area contributed by atoms with E-state index in [0.717, 1.165) is 19.3 Å². The summed E-state index contributed by atoms with van der Waals surface area (Å²) in [5.74, 6) is 0.144. The second-order valence-electron chi connectivity index (χ2n) is 4.70. The third-order valence-electron chi connectivity index (χ3n) is 3.16. The number of carbonyl (C=O) groups is 1. The Bertz CT molecular complexity index is 221. The number of hydrogen-bond donors (Lipinski definition) is 2. The average Bonchev–Trinajstić information content (AvgIpc) is 2.23. The SMILES string of the molecule is COCCCC(=O)NC1CCC(C)NC1C. The van der Waals surface area contributed by atoms with Crippen LogP contribution < -0.4 is 10.6 Å². The van der Waals surface area contributed by atoms with Gasteiger partial charge in [-0.2, -0.15) is 0 Å². The molecule has 0 saturated carbocycles. The van der Waals surface area contributed by atoms with Crippen LogP contribution >= 0.6 is 0 Å². The van der Waals surface area contributed by atoms with E-state index in [4.69, 9.17) is 4.74 Å². The molecule has 3 unspecified atom stereocenters. The standard InChI is InChI=1S/C12H24N2O2/c1-9-6-7-11(10(2)13-9)14-12(15)5-4-8-16-3/h9-11,13H,4-8H2,1-3H3,(H,14,15). The Morgan fingerprint density at radius 2 is 2.19 bits per heavy atom. The van der Waals surface area contributed by atoms with Crippen molar-refractivity contribution in [3.63, 3.8) is 0 Å². The summed E-state index contributed by atoms with van der Waals surface area (Å²) in [5, 5.41) is 6.55. The van der Waals surface area contributed by atoms with Crippen LogP contribution in [-0.4, -0.2) is 37.7 Å². The van der Waals surface area contributed by atoms with Crippen LogP contribution in [0.4, 0.5) is 0 Å². The molecule has 1 saturated heterocycles. The quantitative estimate of drug-likeness (QED) is 0.692. The fraction of sp³-hybridized carbons (Fsp3) is 0.917. The van der Waals surface area contributed by atoms with Crippen LogP contribution in [0.5, 0.6) is 0 Å². The predicted molar refractivity (Wildman–Crippen MR) is 64.3 cm³/mol. The van der Waals surface area contributed by atoms with Gasteiger partial charge in [0.15, 0.2) is 0 Å². The number of hydrogen-bond acceptors (Lipinski definition) is 3. The van der Waals surface area contributed by atoms with Crippen LogP contribution in [0.15, 0.2) is 0 Å². The fourth-order valence-corrected chi connectivity index (χ4v) is 2.18. The smallest absolute Gasteiger partial charge is 0.220 e. The van der Waals surface area contributed by atoms with Crippen molar-refractivity contribution in [2.75, 3.05) is 13.7 Å². The maximum atomic E-state index is 11.6. The fourth-order valence-electron chi connectivity index (χ4n) is 2.18. The van der Waals surface area contributed by atoms with Gasteiger partial charge in [-0.3, -0.25) is 4.79 Å². The lowest BCUT2D eigenvalue weighted by molar-refractivity contribution is -0.122. The highest BCUT2D eigenvalue weighted by atomic mass is 16.5. The van der Waals surface area contributed by atoms with Crippen molar-refractivity contribution in [3.05, 3.63) is 0 Å². The molecule has 4 nitrogen and oxygen atoms in total. The Labute approximate surface area is 98.1 Å². The van der Waals surface area contributed by atoms with Gasteiger partial charge >= 0.3 is 0 Å². The Balaban J connectivity index is 2.22. The van der Waals surface area contributed by atoms with E-state index in [9.17, 15) is 4.79 Å². The van der Waals surface area contributed by atoms with E-state index in [1.165, 1.54) is 0 Å². The molecule has 1 fully saturated rings. The number of amides is 1. The average molecular weight is 228 g/mol. The van der Waals surface area contributed by atoms with Crippen molar-refractivity contribution in [2.24, 2.45) is 0 Å². The van der Waals surface area contributed by atoms with E-state index >= 15 is 0 Å². The monoisotopic (exact) mass is 228 g/mol. The molecule has 4 heteroatoms. The maximum Gasteiger partial charge on any atom is 0.220 e. The van der Waals surface area contributed by atoms with Crippen LogP contribution in [0.3, 0.4) is 0 Å². The topological polar surface area (TPSA) is 50.4 Å². The third-order valence-corrected chi connectivity index (χ3v) is 3.16. The number of carbonyl (C=O) groups excluding carboxylic acids is 1. The molecule has 0 spiro atoms. The minimum atomic E-state index is 0.144. The van der Waals surface area contributed by atoms with Crippen LogP contribution in [0, 0.1) is 0 Å². The number of nitrogens with one attached hydrogen (secondary N) is 2. The molecular formula is C12H24N2O2. The lowest BCUT2D eigenvalue weighted by Gasteiger charge is -2.34. The highest BCUT2D eigenvalue weighted by Gasteiger charge is 2.25. The maximum absolute atomic E-state index is 11.6. The molecule has 1 amide bonds. The van der Waals surface area contributed by atoms with E-state index in [-0.39, 0.29) is 11.9 Å². The molecule has 16 heavy (non-hydrogen) atoms. The zero-order valence-corrected chi connectivity index (χ0v) is 10.6. The zero-order chi connectivity index (χ0) is 12.0. The van der Waals surface area contributed by atoms with Crippen LogP contribution in [0.25, 0.3) is 0 Å². The number of methoxy groups -OCH3 is 1. The molecule has 3 atom stereocenters. The first-order valence-corrected chi connectivity index (χ1v) is 6.18. The minimum absolute atomic E-state index is 0.144. The summed E-state index contributed by atoms with van der Waals surface area (Å²) >= 11 is 0. The van der Waals surface area contributed by atoms with Gasteiger partial charge in [0.2, 0.25) is 5.91 Å². The Morgan fingerprint density at radius 3 is 2.81 bits per heavy atom. The minimum Gasteiger partial charge on any atom is -0.385 e. The third kappa shape index (κ3) is 4.49. The van der Waals surface area contributed by atoms with Crippen molar-refractivity contribution >= 4 is 5.91 Å². The summed E-state index contributed by atoms with van der Waals surface area (Å²) in [6, 6.07) is 1.22. The van der Waals surface area contributed by atoms with Crippen molar-refractivity contribution in [2.45, 2.75) is 57.7 Å². The first kappa shape index (κ1) is 13.5. The lowest BCUT2D eigenvalue weighted by Crippen LogP contribution is -2.54. The van der Waals surface area contributed by atoms with Gasteiger partial charge in [-0.25, -0.2) is 0 Å². The molecule has 0 bridgehead atoms. The van der Waals surface area contributed by atoms with Crippen molar-refractivity contribution in [3.8, 4) is 0 Å². The molecule has 2 N–H and O–H groups in total. The molecule has 0 aromatic carbocycles. The molecule has 1 rings (SSSR count). The molecule has 94 valence electrons. The van der Waals surface area contributed by atoms with Gasteiger partial charge in [-0.05, 0) is 33.1 Å². The first-order valence-electron chi connectivity index (χ1n) is 6.18. The highest BCUT2D eigenvalue weighted by Crippen LogP contribution is 2.13. The molecule has 1 aliphatic rings. The van der Waals surface area contributed by atoms with E-state index in [2.05, 4.69) is 24.5 Å². The normalized spacial score (nSPS) is 30.1. The van der Waals surface area contributed by atoms with Crippen molar-refractivity contribution < 1.29 is 9.53 Å². The van der Waals surface area contributed by atoms with Gasteiger partial charge in [0.05, 0.1) is 0 Å². The Hall–Kier alpha value is -0.610. The molecule has 1 heterocycles. The summed E-state index contributed by atoms with van der Waals surface area (Å²) in [6.45, 7) is 4.98. The number of rotatable bonds is 5. The van der Waals surface area contributed by atoms with Gasteiger partial charge in [0, 0.05) is 38.3 Å². The van der Waals surface area contributed by atoms with Crippen LogP contribution in [-0.2, 0) is 9.53 Å². The van der Waals surface area contributed by atoms with Crippen molar-refractivity contribution in [1.29, 1.82) is 0 Å². The molecule has 0 aromatic rings. The van der Waals surface area contributed by atoms with Crippen molar-refractivity contribution in [1.82, 2.24) is 10.6 Å². The van der Waals surface area contributed by atoms with Gasteiger partial charge in [0.1, 0.15) is 0 Å². The lowest BCUT2D eigenvalue weighted by atomic mass is 9.95. The van der Waals surface area contributed by atoms with Gasteiger partial charge in [-0.1, -0.05) is 0 Å². The van der Waals surface area contributed by atoms with E-state index < -0.39 is 0 Å². The molecule has 0 aromatic heterocycles. The molecule has 1 aliphatic heterocycles. The highest BCUT2D eigenvalue weighted by molar-refractivity contribution is 5.76. The molecular weight excluding hydrogens is 204 g/mol. The van der Waals surface area contributed by atoms with E-state index in [1.807, 2.05) is 0 Å². The first-order chi connectivity index (χ1) is 7.63. The van der Waals surface area contributed by atoms with Crippen LogP contribution in [0.1, 0.15) is 39.5 Å². The largest absolute Gasteiger partial charge is 0.385 e. The summed E-state index contributed by atoms with van der Waals surface area (Å²) < 4.78 is 4.93. The summed E-state index contributed by atoms with van der Waals surface area (Å²) in [4.78, 5) is 11.6. The van der Waals surface area contributed by atoms with Crippen LogP contribution in [0.2, 0.25) is 0 Å². The number of piperidine rings is 1. The summed E-state index contributed by atoms with van der Waals surface area (Å²) in [5.41, 5.74) is 0. The summed E-state index contributed by atoms with van der Waals surface area (Å²) in [7, 11) is 1.66. The second kappa shape index (κ2) is 6.86. The molecule has 0 radical (unpaired) electrons. The Morgan fingerprint density at radius 1 is 1.44 bits per heavy atom. The summed E-state index contributed by atoms with van der Waals surface area (Å²) in [6.07, 6.45) is 3.57. The Kier molecular flexibility index (Phi) is 5.77. The predicted octanol–water partition coefficient (Wildman–Crippen LogP) is 1.06. The second-order valence-corrected chi connectivity index (χ2v) is 4.70. The number of ether oxygens (including phenoxy) is 1. The van der Waals surface area contributed by atoms with E-state index in [1.54, 1.807) is 7.11 Å². The van der Waals surface area contributed by atoms with Gasteiger partial charge in [-0.15, -0.1) is 0 Å². The van der Waals surface area contributed by atoms with E-state index in [0.29, 0.717) is 25.1 Å². The van der Waals surface area contributed by atoms with Gasteiger partial charge in [0.25, 0.3) is 0 Å². The molecule has 0 aliphatic carbocycles. The zero-order valence-electron chi connectivity index (χ0n) is 10.6. The van der Waals surface area contributed by atoms with Gasteiger partial charge < -0.3 is 15.4 Å².